The maximum absolute atomic E-state index is 12.2. The second kappa shape index (κ2) is 7.54. The van der Waals surface area contributed by atoms with Crippen molar-refractivity contribution in [2.24, 2.45) is 0 Å². The van der Waals surface area contributed by atoms with Crippen molar-refractivity contribution in [2.75, 3.05) is 6.54 Å². The van der Waals surface area contributed by atoms with Crippen LogP contribution in [0.3, 0.4) is 0 Å². The lowest BCUT2D eigenvalue weighted by Gasteiger charge is -2.06. The quantitative estimate of drug-likeness (QED) is 0.670. The Balaban J connectivity index is 1.53. The number of nitrogens with zero attached hydrogens (tertiary/aromatic N) is 5. The van der Waals surface area contributed by atoms with Gasteiger partial charge in [-0.15, -0.1) is 5.10 Å². The molecule has 7 nitrogen and oxygen atoms in total. The number of benzene rings is 1. The summed E-state index contributed by atoms with van der Waals surface area (Å²) in [5.41, 5.74) is 2.28. The molecule has 1 N–H and O–H groups in total. The molecule has 24 heavy (non-hydrogen) atoms. The van der Waals surface area contributed by atoms with Crippen LogP contribution in [0.15, 0.2) is 49.1 Å². The molecular formula is C17H20N6O. The number of aromatic nitrogens is 5. The molecule has 0 aliphatic rings. The van der Waals surface area contributed by atoms with E-state index in [2.05, 4.69) is 20.6 Å². The van der Waals surface area contributed by atoms with Crippen molar-refractivity contribution in [1.82, 2.24) is 29.9 Å². The van der Waals surface area contributed by atoms with E-state index in [9.17, 15) is 4.79 Å². The molecule has 0 bridgehead atoms. The highest BCUT2D eigenvalue weighted by Crippen LogP contribution is 2.07. The number of aryl methyl sites for hydroxylation is 1. The van der Waals surface area contributed by atoms with E-state index < -0.39 is 0 Å². The molecule has 0 atom stereocenters. The van der Waals surface area contributed by atoms with E-state index in [-0.39, 0.29) is 5.91 Å². The smallest absolute Gasteiger partial charge is 0.273 e. The van der Waals surface area contributed by atoms with E-state index in [0.29, 0.717) is 18.8 Å². The van der Waals surface area contributed by atoms with Crippen LogP contribution in [0.1, 0.15) is 28.2 Å². The van der Waals surface area contributed by atoms with Crippen molar-refractivity contribution in [3.63, 3.8) is 0 Å². The molecule has 0 unspecified atom stereocenters. The van der Waals surface area contributed by atoms with Crippen molar-refractivity contribution < 1.29 is 4.79 Å². The fraction of sp³-hybridized carbons (Fsp3) is 0.294. The minimum atomic E-state index is -0.183. The number of amides is 1. The summed E-state index contributed by atoms with van der Waals surface area (Å²) in [6.45, 7) is 3.87. The van der Waals surface area contributed by atoms with Crippen LogP contribution in [0, 0.1) is 6.92 Å². The Kier molecular flexibility index (Phi) is 5.00. The maximum Gasteiger partial charge on any atom is 0.273 e. The number of rotatable bonds is 7. The van der Waals surface area contributed by atoms with Gasteiger partial charge in [-0.05, 0) is 18.9 Å². The minimum absolute atomic E-state index is 0.183. The first-order chi connectivity index (χ1) is 11.7. The molecule has 1 amide bonds. The third kappa shape index (κ3) is 3.87. The van der Waals surface area contributed by atoms with E-state index in [1.165, 1.54) is 0 Å². The van der Waals surface area contributed by atoms with E-state index in [1.54, 1.807) is 17.2 Å². The topological polar surface area (TPSA) is 77.6 Å². The van der Waals surface area contributed by atoms with Gasteiger partial charge >= 0.3 is 0 Å². The van der Waals surface area contributed by atoms with Gasteiger partial charge in [0.1, 0.15) is 0 Å². The number of imidazole rings is 1. The average Bonchev–Trinajstić information content (AvgIpc) is 3.23. The third-order valence-corrected chi connectivity index (χ3v) is 3.81. The van der Waals surface area contributed by atoms with Crippen molar-refractivity contribution in [2.45, 2.75) is 26.4 Å². The average molecular weight is 324 g/mol. The number of hydrogen-bond donors (Lipinski definition) is 1. The van der Waals surface area contributed by atoms with Crippen LogP contribution in [0.2, 0.25) is 0 Å². The summed E-state index contributed by atoms with van der Waals surface area (Å²) in [5, 5.41) is 11.0. The highest BCUT2D eigenvalue weighted by molar-refractivity contribution is 5.93. The number of carbonyl (C=O) groups is 1. The lowest BCUT2D eigenvalue weighted by atomic mass is 10.2. The summed E-state index contributed by atoms with van der Waals surface area (Å²) in [5.74, 6) is -0.183. The molecule has 7 heteroatoms. The van der Waals surface area contributed by atoms with Crippen molar-refractivity contribution >= 4 is 5.91 Å². The summed E-state index contributed by atoms with van der Waals surface area (Å²) in [6.07, 6.45) is 6.24. The van der Waals surface area contributed by atoms with Crippen LogP contribution in [0.4, 0.5) is 0 Å². The van der Waals surface area contributed by atoms with Gasteiger partial charge in [0.05, 0.1) is 18.6 Å². The van der Waals surface area contributed by atoms with Crippen LogP contribution in [0.25, 0.3) is 0 Å². The molecule has 2 aromatic heterocycles. The normalized spacial score (nSPS) is 10.7. The van der Waals surface area contributed by atoms with Crippen molar-refractivity contribution in [3.05, 3.63) is 66.0 Å². The molecule has 3 aromatic rings. The number of nitrogens with one attached hydrogen (secondary N) is 1. The molecule has 0 saturated carbocycles. The Morgan fingerprint density at radius 1 is 1.25 bits per heavy atom. The SMILES string of the molecule is Cc1c(C(=O)NCCCn2ccnc2)nnn1Cc1ccccc1. The molecule has 2 heterocycles. The van der Waals surface area contributed by atoms with Crippen LogP contribution in [0.5, 0.6) is 0 Å². The van der Waals surface area contributed by atoms with E-state index in [4.69, 9.17) is 0 Å². The summed E-state index contributed by atoms with van der Waals surface area (Å²) in [6, 6.07) is 9.99. The molecule has 0 aliphatic carbocycles. The van der Waals surface area contributed by atoms with Crippen LogP contribution >= 0.6 is 0 Å². The zero-order valence-corrected chi connectivity index (χ0v) is 13.6. The molecule has 124 valence electrons. The Bertz CT molecular complexity index is 779. The molecule has 1 aromatic carbocycles. The van der Waals surface area contributed by atoms with Crippen LogP contribution in [-0.2, 0) is 13.1 Å². The first-order valence-electron chi connectivity index (χ1n) is 7.92. The second-order valence-corrected chi connectivity index (χ2v) is 5.58. The minimum Gasteiger partial charge on any atom is -0.351 e. The monoisotopic (exact) mass is 324 g/mol. The van der Waals surface area contributed by atoms with Crippen LogP contribution < -0.4 is 5.32 Å². The third-order valence-electron chi connectivity index (χ3n) is 3.81. The Morgan fingerprint density at radius 3 is 2.83 bits per heavy atom. The maximum atomic E-state index is 12.2. The number of hydrogen-bond acceptors (Lipinski definition) is 4. The summed E-state index contributed by atoms with van der Waals surface area (Å²) >= 11 is 0. The predicted molar refractivity (Wildman–Crippen MR) is 89.5 cm³/mol. The second-order valence-electron chi connectivity index (χ2n) is 5.58. The van der Waals surface area contributed by atoms with Gasteiger partial charge in [0.2, 0.25) is 0 Å². The van der Waals surface area contributed by atoms with Crippen LogP contribution in [-0.4, -0.2) is 37.0 Å². The lowest BCUT2D eigenvalue weighted by molar-refractivity contribution is 0.0947. The highest BCUT2D eigenvalue weighted by Gasteiger charge is 2.16. The highest BCUT2D eigenvalue weighted by atomic mass is 16.2. The Labute approximate surface area is 140 Å². The standard InChI is InChI=1S/C17H20N6O/c1-14-16(17(24)19-8-5-10-22-11-9-18-13-22)20-21-23(14)12-15-6-3-2-4-7-15/h2-4,6-7,9,11,13H,5,8,10,12H2,1H3,(H,19,24). The molecule has 0 fully saturated rings. The number of carbonyl (C=O) groups excluding carboxylic acids is 1. The fourth-order valence-electron chi connectivity index (χ4n) is 2.44. The zero-order chi connectivity index (χ0) is 16.8. The molecule has 0 saturated heterocycles. The predicted octanol–water partition coefficient (Wildman–Crippen LogP) is 1.65. The van der Waals surface area contributed by atoms with Gasteiger partial charge in [0.25, 0.3) is 5.91 Å². The molecular weight excluding hydrogens is 304 g/mol. The lowest BCUT2D eigenvalue weighted by Crippen LogP contribution is -2.26. The van der Waals surface area contributed by atoms with Gasteiger partial charge in [0.15, 0.2) is 5.69 Å². The van der Waals surface area contributed by atoms with Gasteiger partial charge in [-0.2, -0.15) is 0 Å². The summed E-state index contributed by atoms with van der Waals surface area (Å²) in [7, 11) is 0. The molecule has 0 radical (unpaired) electrons. The van der Waals surface area contributed by atoms with Gasteiger partial charge in [0, 0.05) is 25.5 Å². The molecule has 3 rings (SSSR count). The largest absolute Gasteiger partial charge is 0.351 e. The van der Waals surface area contributed by atoms with Crippen molar-refractivity contribution in [1.29, 1.82) is 0 Å². The van der Waals surface area contributed by atoms with Gasteiger partial charge < -0.3 is 9.88 Å². The Hall–Kier alpha value is -2.96. The first kappa shape index (κ1) is 15.9. The molecule has 0 aliphatic heterocycles. The Morgan fingerprint density at radius 2 is 2.08 bits per heavy atom. The first-order valence-corrected chi connectivity index (χ1v) is 7.92. The fourth-order valence-corrected chi connectivity index (χ4v) is 2.44. The molecule has 0 spiro atoms. The van der Waals surface area contributed by atoms with E-state index >= 15 is 0 Å². The van der Waals surface area contributed by atoms with Gasteiger partial charge in [-0.3, -0.25) is 4.79 Å². The van der Waals surface area contributed by atoms with E-state index in [1.807, 2.05) is 48.0 Å². The summed E-state index contributed by atoms with van der Waals surface area (Å²) < 4.78 is 3.73. The van der Waals surface area contributed by atoms with Gasteiger partial charge in [-0.25, -0.2) is 9.67 Å². The summed E-state index contributed by atoms with van der Waals surface area (Å²) in [4.78, 5) is 16.2. The van der Waals surface area contributed by atoms with Gasteiger partial charge in [-0.1, -0.05) is 35.5 Å². The zero-order valence-electron chi connectivity index (χ0n) is 13.6. The van der Waals surface area contributed by atoms with Crippen molar-refractivity contribution in [3.8, 4) is 0 Å². The van der Waals surface area contributed by atoms with E-state index in [0.717, 1.165) is 24.2 Å².